The maximum atomic E-state index is 12.8. The fourth-order valence-corrected chi connectivity index (χ4v) is 3.96. The molecule has 0 aliphatic carbocycles. The zero-order valence-corrected chi connectivity index (χ0v) is 21.0. The molecule has 2 amide bonds. The Labute approximate surface area is 208 Å². The molecular formula is C25H28Cl2N4O3. The molecule has 2 atom stereocenters. The standard InChI is InChI=1S/C25H28Cl2N4O3/c1-14(2)11-22(30-24(32)16(4)34-23-10-9-17(26)12-20(23)27)25(33)31-28-13-19-15(3)29-21-8-6-5-7-18(19)21/h5-10,12-14,16,22,29H,11H2,1-4H3,(H,30,32)(H,31,33)/b28-13-/t16-,22+/m0/s1. The summed E-state index contributed by atoms with van der Waals surface area (Å²) >= 11 is 12.0. The second kappa shape index (κ2) is 11.4. The molecule has 34 heavy (non-hydrogen) atoms. The van der Waals surface area contributed by atoms with Crippen molar-refractivity contribution in [2.24, 2.45) is 11.0 Å². The Balaban J connectivity index is 1.65. The van der Waals surface area contributed by atoms with Crippen molar-refractivity contribution in [3.63, 3.8) is 0 Å². The van der Waals surface area contributed by atoms with Crippen molar-refractivity contribution < 1.29 is 14.3 Å². The number of carbonyl (C=O) groups excluding carboxylic acids is 2. The van der Waals surface area contributed by atoms with Crippen LogP contribution in [0.3, 0.4) is 0 Å². The van der Waals surface area contributed by atoms with Gasteiger partial charge in [0.1, 0.15) is 11.8 Å². The van der Waals surface area contributed by atoms with Crippen LogP contribution in [0.15, 0.2) is 47.6 Å². The van der Waals surface area contributed by atoms with Gasteiger partial charge in [-0.25, -0.2) is 5.43 Å². The monoisotopic (exact) mass is 502 g/mol. The van der Waals surface area contributed by atoms with Crippen LogP contribution in [-0.4, -0.2) is 35.2 Å². The molecule has 2 aromatic carbocycles. The van der Waals surface area contributed by atoms with Gasteiger partial charge in [0.15, 0.2) is 6.10 Å². The molecule has 0 unspecified atom stereocenters. The molecule has 0 bridgehead atoms. The number of para-hydroxylation sites is 1. The normalized spacial score (nSPS) is 13.3. The summed E-state index contributed by atoms with van der Waals surface area (Å²) in [5.74, 6) is -0.356. The lowest BCUT2D eigenvalue weighted by Crippen LogP contribution is -2.49. The number of nitrogens with one attached hydrogen (secondary N) is 3. The summed E-state index contributed by atoms with van der Waals surface area (Å²) in [5.41, 5.74) is 5.38. The fraction of sp³-hybridized carbons (Fsp3) is 0.320. The van der Waals surface area contributed by atoms with Gasteiger partial charge in [-0.15, -0.1) is 0 Å². The number of hydrogen-bond donors (Lipinski definition) is 3. The van der Waals surface area contributed by atoms with Gasteiger partial charge in [-0.2, -0.15) is 5.10 Å². The summed E-state index contributed by atoms with van der Waals surface area (Å²) in [7, 11) is 0. The van der Waals surface area contributed by atoms with Crippen LogP contribution in [-0.2, 0) is 9.59 Å². The van der Waals surface area contributed by atoms with E-state index in [1.807, 2.05) is 45.0 Å². The molecule has 1 heterocycles. The molecule has 3 aromatic rings. The first-order valence-corrected chi connectivity index (χ1v) is 11.7. The minimum Gasteiger partial charge on any atom is -0.479 e. The fourth-order valence-electron chi connectivity index (χ4n) is 3.51. The van der Waals surface area contributed by atoms with Crippen molar-refractivity contribution in [1.82, 2.24) is 15.7 Å². The van der Waals surface area contributed by atoms with Gasteiger partial charge in [0, 0.05) is 27.2 Å². The number of benzene rings is 2. The summed E-state index contributed by atoms with van der Waals surface area (Å²) < 4.78 is 5.66. The van der Waals surface area contributed by atoms with Crippen LogP contribution in [0.2, 0.25) is 10.0 Å². The number of rotatable bonds is 9. The number of nitrogens with zero attached hydrogens (tertiary/aromatic N) is 1. The van der Waals surface area contributed by atoms with E-state index >= 15 is 0 Å². The molecule has 1 aromatic heterocycles. The largest absolute Gasteiger partial charge is 0.479 e. The highest BCUT2D eigenvalue weighted by Gasteiger charge is 2.25. The van der Waals surface area contributed by atoms with Crippen molar-refractivity contribution in [2.45, 2.75) is 46.3 Å². The number of carbonyl (C=O) groups is 2. The minimum absolute atomic E-state index is 0.165. The Morgan fingerprint density at radius 2 is 1.85 bits per heavy atom. The molecule has 0 saturated heterocycles. The quantitative estimate of drug-likeness (QED) is 0.276. The van der Waals surface area contributed by atoms with E-state index in [1.54, 1.807) is 25.3 Å². The first kappa shape index (κ1) is 25.6. The number of hydrazone groups is 1. The maximum absolute atomic E-state index is 12.8. The van der Waals surface area contributed by atoms with E-state index in [4.69, 9.17) is 27.9 Å². The lowest BCUT2D eigenvalue weighted by atomic mass is 10.0. The van der Waals surface area contributed by atoms with E-state index in [0.717, 1.165) is 22.2 Å². The summed E-state index contributed by atoms with van der Waals surface area (Å²) in [6.45, 7) is 7.47. The highest BCUT2D eigenvalue weighted by Crippen LogP contribution is 2.28. The number of ether oxygens (including phenoxy) is 1. The zero-order chi connectivity index (χ0) is 24.8. The molecule has 0 saturated carbocycles. The Morgan fingerprint density at radius 3 is 2.56 bits per heavy atom. The Bertz CT molecular complexity index is 1210. The van der Waals surface area contributed by atoms with Gasteiger partial charge in [0.25, 0.3) is 11.8 Å². The molecule has 0 fully saturated rings. The number of aromatic amines is 1. The van der Waals surface area contributed by atoms with Crippen molar-refractivity contribution in [3.05, 3.63) is 63.8 Å². The van der Waals surface area contributed by atoms with Crippen molar-refractivity contribution >= 4 is 52.1 Å². The van der Waals surface area contributed by atoms with E-state index in [9.17, 15) is 9.59 Å². The number of aromatic nitrogens is 1. The third kappa shape index (κ3) is 6.52. The third-order valence-electron chi connectivity index (χ3n) is 5.22. The van der Waals surface area contributed by atoms with E-state index in [-0.39, 0.29) is 5.92 Å². The van der Waals surface area contributed by atoms with Gasteiger partial charge in [0.2, 0.25) is 0 Å². The van der Waals surface area contributed by atoms with E-state index in [1.165, 1.54) is 6.07 Å². The SMILES string of the molecule is Cc1[nH]c2ccccc2c1/C=N\NC(=O)[C@@H](CC(C)C)NC(=O)[C@H](C)Oc1ccc(Cl)cc1Cl. The number of aryl methyl sites for hydroxylation is 1. The lowest BCUT2D eigenvalue weighted by Gasteiger charge is -2.22. The van der Waals surface area contributed by atoms with E-state index in [2.05, 4.69) is 20.8 Å². The topological polar surface area (TPSA) is 95.6 Å². The maximum Gasteiger partial charge on any atom is 0.262 e. The molecule has 0 spiro atoms. The van der Waals surface area contributed by atoms with E-state index < -0.39 is 24.0 Å². The predicted octanol–water partition coefficient (Wildman–Crippen LogP) is 5.23. The first-order chi connectivity index (χ1) is 16.2. The average Bonchev–Trinajstić information content (AvgIpc) is 3.09. The third-order valence-corrected chi connectivity index (χ3v) is 5.75. The number of fused-ring (bicyclic) bond motifs is 1. The van der Waals surface area contributed by atoms with Crippen LogP contribution >= 0.6 is 23.2 Å². The molecule has 3 N–H and O–H groups in total. The highest BCUT2D eigenvalue weighted by molar-refractivity contribution is 6.35. The predicted molar refractivity (Wildman–Crippen MR) is 137 cm³/mol. The zero-order valence-electron chi connectivity index (χ0n) is 19.5. The molecule has 0 aliphatic heterocycles. The molecule has 0 radical (unpaired) electrons. The smallest absolute Gasteiger partial charge is 0.262 e. The molecule has 0 aliphatic rings. The van der Waals surface area contributed by atoms with Crippen molar-refractivity contribution in [3.8, 4) is 5.75 Å². The van der Waals surface area contributed by atoms with Crippen LogP contribution in [0, 0.1) is 12.8 Å². The second-order valence-electron chi connectivity index (χ2n) is 8.47. The first-order valence-electron chi connectivity index (χ1n) is 11.0. The molecule has 9 heteroatoms. The van der Waals surface area contributed by atoms with Crippen LogP contribution < -0.4 is 15.5 Å². The molecular weight excluding hydrogens is 475 g/mol. The number of halogens is 2. The Kier molecular flexibility index (Phi) is 8.58. The van der Waals surface area contributed by atoms with Gasteiger partial charge in [-0.1, -0.05) is 55.2 Å². The summed E-state index contributed by atoms with van der Waals surface area (Å²) in [4.78, 5) is 28.9. The van der Waals surface area contributed by atoms with Gasteiger partial charge >= 0.3 is 0 Å². The van der Waals surface area contributed by atoms with Crippen LogP contribution in [0.25, 0.3) is 10.9 Å². The summed E-state index contributed by atoms with van der Waals surface area (Å²) in [5, 5.41) is 8.67. The minimum atomic E-state index is -0.876. The second-order valence-corrected chi connectivity index (χ2v) is 9.31. The number of hydrogen-bond acceptors (Lipinski definition) is 4. The molecule has 3 rings (SSSR count). The van der Waals surface area contributed by atoms with E-state index in [0.29, 0.717) is 22.2 Å². The average molecular weight is 503 g/mol. The number of H-pyrrole nitrogens is 1. The Morgan fingerprint density at radius 1 is 1.12 bits per heavy atom. The molecule has 7 nitrogen and oxygen atoms in total. The van der Waals surface area contributed by atoms with Gasteiger partial charge in [0.05, 0.1) is 11.2 Å². The summed E-state index contributed by atoms with van der Waals surface area (Å²) in [6.07, 6.45) is 1.17. The van der Waals surface area contributed by atoms with Gasteiger partial charge in [-0.3, -0.25) is 9.59 Å². The lowest BCUT2D eigenvalue weighted by molar-refractivity contribution is -0.132. The van der Waals surface area contributed by atoms with Gasteiger partial charge < -0.3 is 15.0 Å². The van der Waals surface area contributed by atoms with Crippen LogP contribution in [0.4, 0.5) is 0 Å². The van der Waals surface area contributed by atoms with Gasteiger partial charge in [-0.05, 0) is 50.5 Å². The molecule has 180 valence electrons. The Hall–Kier alpha value is -3.03. The highest BCUT2D eigenvalue weighted by atomic mass is 35.5. The number of amides is 2. The van der Waals surface area contributed by atoms with Crippen molar-refractivity contribution in [1.29, 1.82) is 0 Å². The van der Waals surface area contributed by atoms with Crippen LogP contribution in [0.5, 0.6) is 5.75 Å². The van der Waals surface area contributed by atoms with Crippen molar-refractivity contribution in [2.75, 3.05) is 0 Å². The van der Waals surface area contributed by atoms with Crippen LogP contribution in [0.1, 0.15) is 38.4 Å². The summed E-state index contributed by atoms with van der Waals surface area (Å²) in [6, 6.07) is 11.8.